The molecule has 6 nitrogen and oxygen atoms in total. The Balaban J connectivity index is 1.51. The molecule has 0 aromatic rings. The SMILES string of the molecule is CCC1=N[C@]2(CC[C@H]3CN(CC(=O)N(C)C)C[C@H]32)C(=O)N1CC1CC1. The molecule has 6 heteroatoms. The molecule has 2 aliphatic carbocycles. The first kappa shape index (κ1) is 17.0. The molecule has 4 aliphatic rings. The molecule has 0 N–H and O–H groups in total. The molecule has 3 fully saturated rings. The van der Waals surface area contributed by atoms with Crippen LogP contribution in [0.5, 0.6) is 0 Å². The molecule has 0 bridgehead atoms. The largest absolute Gasteiger partial charge is 0.348 e. The van der Waals surface area contributed by atoms with E-state index >= 15 is 0 Å². The van der Waals surface area contributed by atoms with Crippen molar-refractivity contribution in [3.8, 4) is 0 Å². The maximum Gasteiger partial charge on any atom is 0.256 e. The van der Waals surface area contributed by atoms with Crippen LogP contribution in [0.3, 0.4) is 0 Å². The van der Waals surface area contributed by atoms with E-state index in [9.17, 15) is 9.59 Å². The summed E-state index contributed by atoms with van der Waals surface area (Å²) in [6.07, 6.45) is 5.28. The van der Waals surface area contributed by atoms with Gasteiger partial charge in [-0.05, 0) is 37.5 Å². The summed E-state index contributed by atoms with van der Waals surface area (Å²) in [6.45, 7) is 5.19. The number of carbonyl (C=O) groups excluding carboxylic acids is 2. The van der Waals surface area contributed by atoms with Crippen LogP contribution >= 0.6 is 0 Å². The van der Waals surface area contributed by atoms with E-state index in [0.717, 1.165) is 44.7 Å². The van der Waals surface area contributed by atoms with Crippen LogP contribution in [0.15, 0.2) is 4.99 Å². The Hall–Kier alpha value is -1.43. The molecule has 2 aliphatic heterocycles. The molecular weight excluding hydrogens is 316 g/mol. The number of aliphatic imine (C=N–C) groups is 1. The van der Waals surface area contributed by atoms with E-state index in [1.54, 1.807) is 19.0 Å². The fourth-order valence-electron chi connectivity index (χ4n) is 4.96. The molecule has 2 heterocycles. The number of amides is 2. The molecule has 0 unspecified atom stereocenters. The topological polar surface area (TPSA) is 56.2 Å². The lowest BCUT2D eigenvalue weighted by atomic mass is 9.85. The highest BCUT2D eigenvalue weighted by Gasteiger charge is 2.61. The van der Waals surface area contributed by atoms with Gasteiger partial charge in [0.2, 0.25) is 5.91 Å². The molecular formula is C19H30N4O2. The fraction of sp³-hybridized carbons (Fsp3) is 0.842. The quantitative estimate of drug-likeness (QED) is 0.752. The summed E-state index contributed by atoms with van der Waals surface area (Å²) in [5.41, 5.74) is -0.527. The van der Waals surface area contributed by atoms with Crippen molar-refractivity contribution in [2.75, 3.05) is 40.3 Å². The summed E-state index contributed by atoms with van der Waals surface area (Å²) in [5, 5.41) is 0. The highest BCUT2D eigenvalue weighted by atomic mass is 16.2. The molecule has 3 atom stereocenters. The van der Waals surface area contributed by atoms with Crippen molar-refractivity contribution in [1.82, 2.24) is 14.7 Å². The second-order valence-electron chi connectivity index (χ2n) is 8.55. The third-order valence-electron chi connectivity index (χ3n) is 6.59. The molecule has 4 rings (SSSR count). The van der Waals surface area contributed by atoms with Crippen LogP contribution in [0.25, 0.3) is 0 Å². The van der Waals surface area contributed by atoms with E-state index in [1.165, 1.54) is 12.8 Å². The van der Waals surface area contributed by atoms with E-state index < -0.39 is 5.54 Å². The molecule has 25 heavy (non-hydrogen) atoms. The van der Waals surface area contributed by atoms with Gasteiger partial charge in [0.15, 0.2) is 0 Å². The lowest BCUT2D eigenvalue weighted by molar-refractivity contribution is -0.132. The van der Waals surface area contributed by atoms with Crippen LogP contribution < -0.4 is 0 Å². The first-order chi connectivity index (χ1) is 11.9. The first-order valence-electron chi connectivity index (χ1n) is 9.77. The van der Waals surface area contributed by atoms with Gasteiger partial charge in [-0.3, -0.25) is 24.4 Å². The molecule has 1 saturated heterocycles. The highest BCUT2D eigenvalue weighted by molar-refractivity contribution is 6.08. The molecule has 0 aromatic heterocycles. The van der Waals surface area contributed by atoms with Gasteiger partial charge in [0.05, 0.1) is 6.54 Å². The average molecular weight is 346 g/mol. The van der Waals surface area contributed by atoms with Crippen LogP contribution in [0.4, 0.5) is 0 Å². The smallest absolute Gasteiger partial charge is 0.256 e. The highest BCUT2D eigenvalue weighted by Crippen LogP contribution is 2.50. The molecule has 0 aromatic carbocycles. The van der Waals surface area contributed by atoms with Gasteiger partial charge in [-0.1, -0.05) is 6.92 Å². The summed E-state index contributed by atoms with van der Waals surface area (Å²) < 4.78 is 0. The third-order valence-corrected chi connectivity index (χ3v) is 6.59. The predicted octanol–water partition coefficient (Wildman–Crippen LogP) is 1.22. The van der Waals surface area contributed by atoms with Crippen molar-refractivity contribution < 1.29 is 9.59 Å². The zero-order chi connectivity index (χ0) is 17.8. The summed E-state index contributed by atoms with van der Waals surface area (Å²) in [6, 6.07) is 0. The van der Waals surface area contributed by atoms with Crippen LogP contribution in [0.1, 0.15) is 39.0 Å². The van der Waals surface area contributed by atoms with Crippen LogP contribution in [-0.2, 0) is 9.59 Å². The summed E-state index contributed by atoms with van der Waals surface area (Å²) in [4.78, 5) is 36.3. The minimum atomic E-state index is -0.527. The van der Waals surface area contributed by atoms with Crippen LogP contribution in [0, 0.1) is 17.8 Å². The summed E-state index contributed by atoms with van der Waals surface area (Å²) in [7, 11) is 3.60. The molecule has 0 radical (unpaired) electrons. The van der Waals surface area contributed by atoms with Gasteiger partial charge >= 0.3 is 0 Å². The lowest BCUT2D eigenvalue weighted by Crippen LogP contribution is -2.47. The van der Waals surface area contributed by atoms with Crippen molar-refractivity contribution in [3.63, 3.8) is 0 Å². The van der Waals surface area contributed by atoms with E-state index in [1.807, 2.05) is 4.90 Å². The molecule has 1 spiro atoms. The second kappa shape index (κ2) is 6.08. The number of carbonyl (C=O) groups is 2. The van der Waals surface area contributed by atoms with Gasteiger partial charge in [0, 0.05) is 46.1 Å². The van der Waals surface area contributed by atoms with Gasteiger partial charge in [-0.15, -0.1) is 0 Å². The number of amidine groups is 1. The Morgan fingerprint density at radius 1 is 1.28 bits per heavy atom. The first-order valence-corrected chi connectivity index (χ1v) is 9.77. The zero-order valence-corrected chi connectivity index (χ0v) is 15.7. The summed E-state index contributed by atoms with van der Waals surface area (Å²) >= 11 is 0. The van der Waals surface area contributed by atoms with Crippen LogP contribution in [-0.4, -0.2) is 78.2 Å². The Labute approximate surface area is 150 Å². The van der Waals surface area contributed by atoms with Crippen molar-refractivity contribution in [2.45, 2.75) is 44.6 Å². The van der Waals surface area contributed by atoms with Crippen LogP contribution in [0.2, 0.25) is 0 Å². The molecule has 2 amide bonds. The van der Waals surface area contributed by atoms with Crippen molar-refractivity contribution in [2.24, 2.45) is 22.7 Å². The van der Waals surface area contributed by atoms with Gasteiger partial charge in [0.25, 0.3) is 5.91 Å². The average Bonchev–Trinajstić information content (AvgIpc) is 3.12. The Morgan fingerprint density at radius 3 is 2.68 bits per heavy atom. The zero-order valence-electron chi connectivity index (χ0n) is 15.7. The van der Waals surface area contributed by atoms with Gasteiger partial charge < -0.3 is 4.90 Å². The third kappa shape index (κ3) is 2.78. The summed E-state index contributed by atoms with van der Waals surface area (Å²) in [5.74, 6) is 2.86. The van der Waals surface area contributed by atoms with Gasteiger partial charge in [-0.25, -0.2) is 0 Å². The fourth-order valence-corrected chi connectivity index (χ4v) is 4.96. The molecule has 2 saturated carbocycles. The lowest BCUT2D eigenvalue weighted by Gasteiger charge is -2.28. The minimum Gasteiger partial charge on any atom is -0.348 e. The predicted molar refractivity (Wildman–Crippen MR) is 96.2 cm³/mol. The maximum atomic E-state index is 13.4. The van der Waals surface area contributed by atoms with Gasteiger partial charge in [-0.2, -0.15) is 0 Å². The van der Waals surface area contributed by atoms with Crippen molar-refractivity contribution >= 4 is 17.6 Å². The molecule has 138 valence electrons. The number of hydrogen-bond acceptors (Lipinski definition) is 4. The number of likely N-dealkylation sites (N-methyl/N-ethyl adjacent to an activating group) is 1. The van der Waals surface area contributed by atoms with Crippen molar-refractivity contribution in [3.05, 3.63) is 0 Å². The second-order valence-corrected chi connectivity index (χ2v) is 8.55. The van der Waals surface area contributed by atoms with E-state index in [-0.39, 0.29) is 17.7 Å². The number of rotatable bonds is 5. The van der Waals surface area contributed by atoms with E-state index in [4.69, 9.17) is 4.99 Å². The minimum absolute atomic E-state index is 0.139. The standard InChI is InChI=1S/C19H30N4O2/c1-4-16-20-19(18(25)23(16)9-13-5-6-13)8-7-14-10-22(11-15(14)19)12-17(24)21(2)3/h13-15H,4-12H2,1-3H3/t14-,15+,19-/m0/s1. The Morgan fingerprint density at radius 2 is 2.04 bits per heavy atom. The number of nitrogens with zero attached hydrogens (tertiary/aromatic N) is 4. The Kier molecular flexibility index (Phi) is 4.13. The Bertz CT molecular complexity index is 613. The normalized spacial score (nSPS) is 34.8. The number of hydrogen-bond donors (Lipinski definition) is 0. The number of fused-ring (bicyclic) bond motifs is 2. The van der Waals surface area contributed by atoms with Gasteiger partial charge in [0.1, 0.15) is 11.4 Å². The number of likely N-dealkylation sites (tertiary alicyclic amines) is 1. The van der Waals surface area contributed by atoms with E-state index in [2.05, 4.69) is 11.8 Å². The monoisotopic (exact) mass is 346 g/mol. The van der Waals surface area contributed by atoms with Crippen molar-refractivity contribution in [1.29, 1.82) is 0 Å². The maximum absolute atomic E-state index is 13.4. The van der Waals surface area contributed by atoms with E-state index in [0.29, 0.717) is 18.4 Å².